The van der Waals surface area contributed by atoms with Crippen LogP contribution in [0.4, 0.5) is 0 Å². The van der Waals surface area contributed by atoms with Crippen LogP contribution in [0.25, 0.3) is 0 Å². The maximum Gasteiger partial charge on any atom is 0.161 e. The van der Waals surface area contributed by atoms with Crippen LogP contribution in [0.5, 0.6) is 11.5 Å². The molecule has 1 aromatic carbocycles. The number of hydrogen-bond acceptors (Lipinski definition) is 4. The van der Waals surface area contributed by atoms with Crippen molar-refractivity contribution in [3.8, 4) is 11.5 Å². The van der Waals surface area contributed by atoms with E-state index in [0.717, 1.165) is 29.1 Å². The van der Waals surface area contributed by atoms with Gasteiger partial charge in [-0.3, -0.25) is 0 Å². The standard InChI is InChI=1S/C13H20BrNO2S/c1-16-12-7-10(9-15-5-4-6-18-3)11(14)8-13(12)17-2/h7-8,15H,4-6,9H2,1-3H3. The molecule has 0 fully saturated rings. The van der Waals surface area contributed by atoms with Gasteiger partial charge in [-0.2, -0.15) is 11.8 Å². The van der Waals surface area contributed by atoms with Gasteiger partial charge in [0.25, 0.3) is 0 Å². The average molecular weight is 334 g/mol. The van der Waals surface area contributed by atoms with E-state index in [1.807, 2.05) is 23.9 Å². The molecule has 3 nitrogen and oxygen atoms in total. The second kappa shape index (κ2) is 8.67. The van der Waals surface area contributed by atoms with Crippen LogP contribution in [0.1, 0.15) is 12.0 Å². The maximum absolute atomic E-state index is 5.30. The van der Waals surface area contributed by atoms with Gasteiger partial charge in [-0.15, -0.1) is 0 Å². The molecule has 0 atom stereocenters. The van der Waals surface area contributed by atoms with Gasteiger partial charge in [0.2, 0.25) is 0 Å². The first-order valence-corrected chi connectivity index (χ1v) is 8.01. The number of nitrogens with one attached hydrogen (secondary N) is 1. The van der Waals surface area contributed by atoms with Crippen LogP contribution < -0.4 is 14.8 Å². The van der Waals surface area contributed by atoms with Crippen LogP contribution in [0.15, 0.2) is 16.6 Å². The second-order valence-corrected chi connectivity index (χ2v) is 5.66. The highest BCUT2D eigenvalue weighted by atomic mass is 79.9. The van der Waals surface area contributed by atoms with Gasteiger partial charge in [-0.25, -0.2) is 0 Å². The molecule has 0 spiro atoms. The molecule has 0 aliphatic rings. The predicted molar refractivity (Wildman–Crippen MR) is 82.0 cm³/mol. The van der Waals surface area contributed by atoms with E-state index in [-0.39, 0.29) is 0 Å². The van der Waals surface area contributed by atoms with E-state index in [1.54, 1.807) is 14.2 Å². The Kier molecular flexibility index (Phi) is 7.54. The van der Waals surface area contributed by atoms with Crippen LogP contribution >= 0.6 is 27.7 Å². The molecule has 0 bridgehead atoms. The molecule has 1 aromatic rings. The van der Waals surface area contributed by atoms with Gasteiger partial charge in [-0.1, -0.05) is 15.9 Å². The summed E-state index contributed by atoms with van der Waals surface area (Å²) < 4.78 is 11.6. The number of hydrogen-bond donors (Lipinski definition) is 1. The van der Waals surface area contributed by atoms with Gasteiger partial charge >= 0.3 is 0 Å². The molecule has 102 valence electrons. The molecule has 1 rings (SSSR count). The Labute approximate surface area is 122 Å². The molecular formula is C13H20BrNO2S. The van der Waals surface area contributed by atoms with Crippen molar-refractivity contribution in [2.75, 3.05) is 32.8 Å². The van der Waals surface area contributed by atoms with E-state index in [1.165, 1.54) is 17.7 Å². The molecule has 0 radical (unpaired) electrons. The summed E-state index contributed by atoms with van der Waals surface area (Å²) in [5, 5.41) is 3.43. The summed E-state index contributed by atoms with van der Waals surface area (Å²) in [5.74, 6) is 2.71. The van der Waals surface area contributed by atoms with Crippen molar-refractivity contribution in [1.29, 1.82) is 0 Å². The topological polar surface area (TPSA) is 30.5 Å². The lowest BCUT2D eigenvalue weighted by atomic mass is 10.2. The molecular weight excluding hydrogens is 314 g/mol. The fourth-order valence-electron chi connectivity index (χ4n) is 1.60. The van der Waals surface area contributed by atoms with Gasteiger partial charge in [0.15, 0.2) is 11.5 Å². The Balaban J connectivity index is 2.59. The summed E-state index contributed by atoms with van der Waals surface area (Å²) in [6.45, 7) is 1.86. The zero-order valence-electron chi connectivity index (χ0n) is 11.1. The third-order valence-corrected chi connectivity index (χ3v) is 4.01. The average Bonchev–Trinajstić information content (AvgIpc) is 2.39. The number of methoxy groups -OCH3 is 2. The first kappa shape index (κ1) is 15.7. The van der Waals surface area contributed by atoms with E-state index in [2.05, 4.69) is 27.5 Å². The van der Waals surface area contributed by atoms with Crippen molar-refractivity contribution in [3.05, 3.63) is 22.2 Å². The molecule has 0 unspecified atom stereocenters. The largest absolute Gasteiger partial charge is 0.493 e. The molecule has 0 saturated heterocycles. The molecule has 0 aliphatic carbocycles. The predicted octanol–water partition coefficient (Wildman–Crippen LogP) is 3.31. The third kappa shape index (κ3) is 4.71. The SMILES string of the molecule is COc1cc(Br)c(CNCCCSC)cc1OC. The summed E-state index contributed by atoms with van der Waals surface area (Å²) in [4.78, 5) is 0. The molecule has 0 amide bonds. The monoisotopic (exact) mass is 333 g/mol. The Hall–Kier alpha value is -0.390. The Morgan fingerprint density at radius 1 is 1.22 bits per heavy atom. The minimum Gasteiger partial charge on any atom is -0.493 e. The number of halogens is 1. The van der Waals surface area contributed by atoms with Crippen molar-refractivity contribution in [1.82, 2.24) is 5.32 Å². The lowest BCUT2D eigenvalue weighted by molar-refractivity contribution is 0.354. The molecule has 1 N–H and O–H groups in total. The van der Waals surface area contributed by atoms with Crippen molar-refractivity contribution in [2.45, 2.75) is 13.0 Å². The van der Waals surface area contributed by atoms with Gasteiger partial charge < -0.3 is 14.8 Å². The van der Waals surface area contributed by atoms with Crippen molar-refractivity contribution in [2.24, 2.45) is 0 Å². The summed E-state index contributed by atoms with van der Waals surface area (Å²) >= 11 is 5.43. The fraction of sp³-hybridized carbons (Fsp3) is 0.538. The van der Waals surface area contributed by atoms with E-state index in [0.29, 0.717) is 0 Å². The summed E-state index contributed by atoms with van der Waals surface area (Å²) in [6.07, 6.45) is 3.32. The summed E-state index contributed by atoms with van der Waals surface area (Å²) in [5.41, 5.74) is 1.18. The fourth-order valence-corrected chi connectivity index (χ4v) is 2.49. The molecule has 0 heterocycles. The van der Waals surface area contributed by atoms with Gasteiger partial charge in [-0.05, 0) is 42.7 Å². The Morgan fingerprint density at radius 2 is 1.89 bits per heavy atom. The quantitative estimate of drug-likeness (QED) is 0.739. The van der Waals surface area contributed by atoms with E-state index in [9.17, 15) is 0 Å². The molecule has 18 heavy (non-hydrogen) atoms. The smallest absolute Gasteiger partial charge is 0.161 e. The van der Waals surface area contributed by atoms with Crippen LogP contribution in [0.3, 0.4) is 0 Å². The second-order valence-electron chi connectivity index (χ2n) is 3.82. The van der Waals surface area contributed by atoms with Gasteiger partial charge in [0.1, 0.15) is 0 Å². The normalized spacial score (nSPS) is 10.4. The van der Waals surface area contributed by atoms with Crippen molar-refractivity contribution in [3.63, 3.8) is 0 Å². The number of ether oxygens (including phenoxy) is 2. The van der Waals surface area contributed by atoms with Gasteiger partial charge in [0, 0.05) is 11.0 Å². The Morgan fingerprint density at radius 3 is 2.50 bits per heavy atom. The first-order chi connectivity index (χ1) is 8.72. The lowest BCUT2D eigenvalue weighted by Crippen LogP contribution is -2.15. The number of rotatable bonds is 8. The minimum absolute atomic E-state index is 0.746. The van der Waals surface area contributed by atoms with E-state index in [4.69, 9.17) is 9.47 Å². The minimum atomic E-state index is 0.746. The van der Waals surface area contributed by atoms with Crippen LogP contribution in [-0.4, -0.2) is 32.8 Å². The van der Waals surface area contributed by atoms with E-state index < -0.39 is 0 Å². The third-order valence-electron chi connectivity index (χ3n) is 2.57. The number of benzene rings is 1. The highest BCUT2D eigenvalue weighted by Crippen LogP contribution is 2.33. The Bertz CT molecular complexity index is 374. The highest BCUT2D eigenvalue weighted by Gasteiger charge is 2.08. The zero-order chi connectivity index (χ0) is 13.4. The van der Waals surface area contributed by atoms with E-state index >= 15 is 0 Å². The zero-order valence-corrected chi connectivity index (χ0v) is 13.5. The van der Waals surface area contributed by atoms with Crippen molar-refractivity contribution < 1.29 is 9.47 Å². The molecule has 5 heteroatoms. The summed E-state index contributed by atoms with van der Waals surface area (Å²) in [6, 6.07) is 3.95. The maximum atomic E-state index is 5.30. The lowest BCUT2D eigenvalue weighted by Gasteiger charge is -2.12. The van der Waals surface area contributed by atoms with Crippen LogP contribution in [0, 0.1) is 0 Å². The molecule has 0 aromatic heterocycles. The van der Waals surface area contributed by atoms with Crippen LogP contribution in [0.2, 0.25) is 0 Å². The highest BCUT2D eigenvalue weighted by molar-refractivity contribution is 9.10. The van der Waals surface area contributed by atoms with Crippen molar-refractivity contribution >= 4 is 27.7 Å². The molecule has 0 aliphatic heterocycles. The number of thioether (sulfide) groups is 1. The van der Waals surface area contributed by atoms with Crippen LogP contribution in [-0.2, 0) is 6.54 Å². The first-order valence-electron chi connectivity index (χ1n) is 5.83. The summed E-state index contributed by atoms with van der Waals surface area (Å²) in [7, 11) is 3.30. The molecule has 0 saturated carbocycles. The van der Waals surface area contributed by atoms with Gasteiger partial charge in [0.05, 0.1) is 14.2 Å².